The number of hydrogen-bond acceptors (Lipinski definition) is 2. The molecule has 1 saturated carbocycles. The van der Waals surface area contributed by atoms with E-state index >= 15 is 0 Å². The smallest absolute Gasteiger partial charge is 0.307 e. The molecule has 1 fully saturated rings. The Balaban J connectivity index is 2.01. The summed E-state index contributed by atoms with van der Waals surface area (Å²) >= 11 is 0. The Labute approximate surface area is 111 Å². The van der Waals surface area contributed by atoms with E-state index in [4.69, 9.17) is 9.84 Å². The van der Waals surface area contributed by atoms with E-state index < -0.39 is 5.97 Å². The minimum Gasteiger partial charge on any atom is -0.497 e. The van der Waals surface area contributed by atoms with Crippen molar-refractivity contribution in [1.29, 1.82) is 0 Å². The topological polar surface area (TPSA) is 46.5 Å². The van der Waals surface area contributed by atoms with E-state index in [0.29, 0.717) is 0 Å². The molecule has 0 radical (unpaired) electrons. The zero-order valence-electron chi connectivity index (χ0n) is 11.0. The number of methoxy groups -OCH3 is 1. The summed E-state index contributed by atoms with van der Waals surface area (Å²) in [5.41, 5.74) is 0.900. The molecule has 2 aromatic rings. The highest BCUT2D eigenvalue weighted by molar-refractivity contribution is 5.86. The maximum absolute atomic E-state index is 11.1. The summed E-state index contributed by atoms with van der Waals surface area (Å²) in [5.74, 6) is -0.109. The number of carbonyl (C=O) groups is 1. The van der Waals surface area contributed by atoms with Gasteiger partial charge >= 0.3 is 5.97 Å². The molecule has 1 N–H and O–H groups in total. The number of aliphatic carboxylic acids is 1. The number of ether oxygens (including phenoxy) is 1. The van der Waals surface area contributed by atoms with Crippen LogP contribution in [-0.4, -0.2) is 18.2 Å². The monoisotopic (exact) mass is 256 g/mol. The van der Waals surface area contributed by atoms with Crippen molar-refractivity contribution in [3.05, 3.63) is 42.0 Å². The Morgan fingerprint density at radius 2 is 1.95 bits per heavy atom. The van der Waals surface area contributed by atoms with Crippen LogP contribution in [-0.2, 0) is 10.2 Å². The highest BCUT2D eigenvalue weighted by Gasteiger charge is 2.55. The molecule has 2 unspecified atom stereocenters. The fraction of sp³-hybridized carbons (Fsp3) is 0.312. The van der Waals surface area contributed by atoms with Crippen LogP contribution in [0.2, 0.25) is 0 Å². The van der Waals surface area contributed by atoms with E-state index in [1.807, 2.05) is 37.3 Å². The van der Waals surface area contributed by atoms with Gasteiger partial charge in [0.2, 0.25) is 0 Å². The molecule has 0 aliphatic heterocycles. The van der Waals surface area contributed by atoms with Crippen molar-refractivity contribution in [1.82, 2.24) is 0 Å². The van der Waals surface area contributed by atoms with Crippen molar-refractivity contribution in [2.45, 2.75) is 18.8 Å². The fourth-order valence-corrected chi connectivity index (χ4v) is 2.75. The Kier molecular flexibility index (Phi) is 2.52. The van der Waals surface area contributed by atoms with Gasteiger partial charge < -0.3 is 9.84 Å². The maximum Gasteiger partial charge on any atom is 0.307 e. The van der Waals surface area contributed by atoms with Crippen LogP contribution in [0.4, 0.5) is 0 Å². The molecular weight excluding hydrogens is 240 g/mol. The van der Waals surface area contributed by atoms with E-state index in [1.54, 1.807) is 7.11 Å². The Morgan fingerprint density at radius 3 is 2.58 bits per heavy atom. The lowest BCUT2D eigenvalue weighted by Gasteiger charge is -2.12. The first-order chi connectivity index (χ1) is 9.04. The lowest BCUT2D eigenvalue weighted by molar-refractivity contribution is -0.138. The Bertz CT molecular complexity index is 662. The van der Waals surface area contributed by atoms with Gasteiger partial charge in [0, 0.05) is 5.41 Å². The normalized spacial score (nSPS) is 25.3. The fourth-order valence-electron chi connectivity index (χ4n) is 2.75. The van der Waals surface area contributed by atoms with Crippen molar-refractivity contribution in [3.63, 3.8) is 0 Å². The van der Waals surface area contributed by atoms with Gasteiger partial charge in [0.25, 0.3) is 0 Å². The lowest BCUT2D eigenvalue weighted by Crippen LogP contribution is -2.10. The predicted octanol–water partition coefficient (Wildman–Crippen LogP) is 3.21. The highest BCUT2D eigenvalue weighted by atomic mass is 16.5. The van der Waals surface area contributed by atoms with Gasteiger partial charge in [-0.3, -0.25) is 4.79 Å². The second kappa shape index (κ2) is 3.98. The molecule has 3 rings (SSSR count). The summed E-state index contributed by atoms with van der Waals surface area (Å²) in [4.78, 5) is 11.1. The molecule has 0 aromatic heterocycles. The van der Waals surface area contributed by atoms with Crippen molar-refractivity contribution in [2.24, 2.45) is 5.92 Å². The van der Waals surface area contributed by atoms with Crippen LogP contribution in [0.25, 0.3) is 10.8 Å². The summed E-state index contributed by atoms with van der Waals surface area (Å²) in [7, 11) is 1.65. The van der Waals surface area contributed by atoms with Crippen molar-refractivity contribution >= 4 is 16.7 Å². The minimum atomic E-state index is -0.697. The first kappa shape index (κ1) is 12.0. The summed E-state index contributed by atoms with van der Waals surface area (Å²) < 4.78 is 5.20. The van der Waals surface area contributed by atoms with Gasteiger partial charge in [0.1, 0.15) is 5.75 Å². The molecule has 3 nitrogen and oxygen atoms in total. The highest BCUT2D eigenvalue weighted by Crippen LogP contribution is 2.54. The minimum absolute atomic E-state index is 0.208. The standard InChI is InChI=1S/C16H16O3/c1-16(9-14(16)15(17)18)12-5-3-11-8-13(19-2)6-4-10(11)7-12/h3-8,14H,9H2,1-2H3,(H,17,18). The third-order valence-corrected chi connectivity index (χ3v) is 4.24. The van der Waals surface area contributed by atoms with Gasteiger partial charge in [-0.25, -0.2) is 0 Å². The van der Waals surface area contributed by atoms with Gasteiger partial charge in [0.05, 0.1) is 13.0 Å². The van der Waals surface area contributed by atoms with E-state index in [-0.39, 0.29) is 11.3 Å². The average Bonchev–Trinajstić information content (AvgIpc) is 3.11. The lowest BCUT2D eigenvalue weighted by atomic mass is 9.93. The molecule has 19 heavy (non-hydrogen) atoms. The predicted molar refractivity (Wildman–Crippen MR) is 73.6 cm³/mol. The number of carboxylic acids is 1. The molecule has 3 heteroatoms. The third kappa shape index (κ3) is 1.86. The molecular formula is C16H16O3. The molecule has 0 saturated heterocycles. The summed E-state index contributed by atoms with van der Waals surface area (Å²) in [6.45, 7) is 2.02. The van der Waals surface area contributed by atoms with Crippen LogP contribution in [0, 0.1) is 5.92 Å². The van der Waals surface area contributed by atoms with Crippen LogP contribution < -0.4 is 4.74 Å². The van der Waals surface area contributed by atoms with Crippen LogP contribution in [0.15, 0.2) is 36.4 Å². The molecule has 0 amide bonds. The average molecular weight is 256 g/mol. The summed E-state index contributed by atoms with van der Waals surface area (Å²) in [5, 5.41) is 11.3. The Morgan fingerprint density at radius 1 is 1.26 bits per heavy atom. The van der Waals surface area contributed by atoms with E-state index in [2.05, 4.69) is 6.07 Å². The zero-order valence-corrected chi connectivity index (χ0v) is 11.0. The molecule has 0 bridgehead atoms. The van der Waals surface area contributed by atoms with Crippen molar-refractivity contribution in [3.8, 4) is 5.75 Å². The number of hydrogen-bond donors (Lipinski definition) is 1. The Hall–Kier alpha value is -2.03. The van der Waals surface area contributed by atoms with Crippen LogP contribution >= 0.6 is 0 Å². The van der Waals surface area contributed by atoms with E-state index in [1.165, 1.54) is 0 Å². The van der Waals surface area contributed by atoms with E-state index in [0.717, 1.165) is 28.5 Å². The molecule has 98 valence electrons. The summed E-state index contributed by atoms with van der Waals surface area (Å²) in [6.07, 6.45) is 0.726. The van der Waals surface area contributed by atoms with E-state index in [9.17, 15) is 4.79 Å². The molecule has 0 spiro atoms. The summed E-state index contributed by atoms with van der Waals surface area (Å²) in [6, 6.07) is 12.1. The third-order valence-electron chi connectivity index (χ3n) is 4.24. The largest absolute Gasteiger partial charge is 0.497 e. The van der Waals surface area contributed by atoms with Gasteiger partial charge in [-0.15, -0.1) is 0 Å². The number of benzene rings is 2. The zero-order chi connectivity index (χ0) is 13.6. The van der Waals surface area contributed by atoms with Crippen molar-refractivity contribution < 1.29 is 14.6 Å². The van der Waals surface area contributed by atoms with Gasteiger partial charge in [-0.1, -0.05) is 31.2 Å². The number of fused-ring (bicyclic) bond motifs is 1. The van der Waals surface area contributed by atoms with Crippen molar-refractivity contribution in [2.75, 3.05) is 7.11 Å². The number of rotatable bonds is 3. The molecule has 1 aliphatic rings. The van der Waals surface area contributed by atoms with Crippen LogP contribution in [0.1, 0.15) is 18.9 Å². The first-order valence-electron chi connectivity index (χ1n) is 6.36. The van der Waals surface area contributed by atoms with Crippen LogP contribution in [0.3, 0.4) is 0 Å². The molecule has 2 atom stereocenters. The van der Waals surface area contributed by atoms with Gasteiger partial charge in [-0.05, 0) is 34.9 Å². The van der Waals surface area contributed by atoms with Gasteiger partial charge in [0.15, 0.2) is 0 Å². The maximum atomic E-state index is 11.1. The SMILES string of the molecule is COc1ccc2cc(C3(C)CC3C(=O)O)ccc2c1. The quantitative estimate of drug-likeness (QED) is 0.917. The second-order valence-corrected chi connectivity index (χ2v) is 5.44. The molecule has 2 aromatic carbocycles. The van der Waals surface area contributed by atoms with Crippen LogP contribution in [0.5, 0.6) is 5.75 Å². The first-order valence-corrected chi connectivity index (χ1v) is 6.36. The number of carboxylic acid groups (broad SMARTS) is 1. The second-order valence-electron chi connectivity index (χ2n) is 5.44. The molecule has 1 aliphatic carbocycles. The molecule has 0 heterocycles. The van der Waals surface area contributed by atoms with Gasteiger partial charge in [-0.2, -0.15) is 0 Å².